The van der Waals surface area contributed by atoms with Crippen molar-refractivity contribution < 1.29 is 14.3 Å². The molecule has 3 N–H and O–H groups in total. The summed E-state index contributed by atoms with van der Waals surface area (Å²) in [7, 11) is 1.31. The maximum absolute atomic E-state index is 13.1. The molecule has 1 aromatic carbocycles. The van der Waals surface area contributed by atoms with Crippen LogP contribution in [0.25, 0.3) is 0 Å². The molecule has 0 radical (unpaired) electrons. The Balaban J connectivity index is 2.24. The number of anilines is 1. The van der Waals surface area contributed by atoms with E-state index in [1.54, 1.807) is 18.2 Å². The van der Waals surface area contributed by atoms with Crippen LogP contribution >= 0.6 is 11.6 Å². The molecule has 7 heteroatoms. The third-order valence-electron chi connectivity index (χ3n) is 5.00. The minimum absolute atomic E-state index is 0.0987. The Bertz CT molecular complexity index is 695. The van der Waals surface area contributed by atoms with Crippen molar-refractivity contribution >= 4 is 29.3 Å². The lowest BCUT2D eigenvalue weighted by Crippen LogP contribution is -2.44. The van der Waals surface area contributed by atoms with Crippen LogP contribution in [0.1, 0.15) is 58.4 Å². The standard InChI is InChI=1S/C21H32ClN3O3/c1-21(2,3)12-19(26)25(17-8-5-15(23)6-9-17)13-14-11-16(7-10-18(14)22)24-20(27)28-4/h7,10-11,15,17H,5-6,8-9,12-13,23H2,1-4H3,(H,24,27). The van der Waals surface area contributed by atoms with Crippen LogP contribution in [0, 0.1) is 5.41 Å². The van der Waals surface area contributed by atoms with Crippen molar-refractivity contribution in [1.29, 1.82) is 0 Å². The van der Waals surface area contributed by atoms with Gasteiger partial charge in [-0.25, -0.2) is 4.79 Å². The van der Waals surface area contributed by atoms with Gasteiger partial charge in [0.25, 0.3) is 0 Å². The number of nitrogens with zero attached hydrogens (tertiary/aromatic N) is 1. The Hall–Kier alpha value is -1.79. The first-order valence-electron chi connectivity index (χ1n) is 9.77. The maximum atomic E-state index is 13.1. The summed E-state index contributed by atoms with van der Waals surface area (Å²) in [4.78, 5) is 26.6. The third kappa shape index (κ3) is 6.67. The minimum atomic E-state index is -0.546. The maximum Gasteiger partial charge on any atom is 0.411 e. The van der Waals surface area contributed by atoms with E-state index in [1.807, 2.05) is 4.90 Å². The molecule has 1 aliphatic rings. The zero-order valence-corrected chi connectivity index (χ0v) is 18.0. The summed E-state index contributed by atoms with van der Waals surface area (Å²) in [5.74, 6) is 0.121. The topological polar surface area (TPSA) is 84.7 Å². The lowest BCUT2D eigenvalue weighted by molar-refractivity contribution is -0.137. The second-order valence-electron chi connectivity index (χ2n) is 8.75. The lowest BCUT2D eigenvalue weighted by Gasteiger charge is -2.37. The quantitative estimate of drug-likeness (QED) is 0.746. The number of ether oxygens (including phenoxy) is 1. The van der Waals surface area contributed by atoms with Crippen LogP contribution in [-0.4, -0.2) is 36.1 Å². The largest absolute Gasteiger partial charge is 0.453 e. The van der Waals surface area contributed by atoms with E-state index in [4.69, 9.17) is 17.3 Å². The molecule has 0 aliphatic heterocycles. The zero-order chi connectivity index (χ0) is 20.9. The number of carbonyl (C=O) groups is 2. The summed E-state index contributed by atoms with van der Waals surface area (Å²) >= 11 is 6.41. The normalized spacial score (nSPS) is 19.8. The van der Waals surface area contributed by atoms with Gasteiger partial charge in [0.15, 0.2) is 0 Å². The Morgan fingerprint density at radius 1 is 1.25 bits per heavy atom. The molecular weight excluding hydrogens is 378 g/mol. The molecular formula is C21H32ClN3O3. The second-order valence-corrected chi connectivity index (χ2v) is 9.16. The van der Waals surface area contributed by atoms with E-state index in [0.717, 1.165) is 31.2 Å². The number of halogens is 1. The van der Waals surface area contributed by atoms with Crippen molar-refractivity contribution in [3.05, 3.63) is 28.8 Å². The lowest BCUT2D eigenvalue weighted by atomic mass is 9.88. The highest BCUT2D eigenvalue weighted by molar-refractivity contribution is 6.31. The van der Waals surface area contributed by atoms with Crippen molar-refractivity contribution in [3.8, 4) is 0 Å². The van der Waals surface area contributed by atoms with E-state index in [9.17, 15) is 9.59 Å². The Morgan fingerprint density at radius 2 is 1.89 bits per heavy atom. The van der Waals surface area contributed by atoms with Gasteiger partial charge in [-0.3, -0.25) is 10.1 Å². The summed E-state index contributed by atoms with van der Waals surface area (Å²) < 4.78 is 4.64. The Morgan fingerprint density at radius 3 is 2.46 bits per heavy atom. The van der Waals surface area contributed by atoms with E-state index in [0.29, 0.717) is 23.7 Å². The first-order chi connectivity index (χ1) is 13.1. The predicted molar refractivity (Wildman–Crippen MR) is 112 cm³/mol. The van der Waals surface area contributed by atoms with Crippen molar-refractivity contribution in [1.82, 2.24) is 4.90 Å². The SMILES string of the molecule is COC(=O)Nc1ccc(Cl)c(CN(C(=O)CC(C)(C)C)C2CCC(N)CC2)c1. The molecule has 0 atom stereocenters. The molecule has 2 amide bonds. The fourth-order valence-corrected chi connectivity index (χ4v) is 3.69. The van der Waals surface area contributed by atoms with E-state index in [-0.39, 0.29) is 23.4 Å². The highest BCUT2D eigenvalue weighted by Crippen LogP contribution is 2.30. The molecule has 0 aromatic heterocycles. The number of carbonyl (C=O) groups excluding carboxylic acids is 2. The van der Waals surface area contributed by atoms with Crippen molar-refractivity contribution in [2.45, 2.75) is 71.5 Å². The molecule has 1 aromatic rings. The average molecular weight is 410 g/mol. The zero-order valence-electron chi connectivity index (χ0n) is 17.3. The van der Waals surface area contributed by atoms with Crippen molar-refractivity contribution in [2.24, 2.45) is 11.1 Å². The molecule has 28 heavy (non-hydrogen) atoms. The van der Waals surface area contributed by atoms with Crippen molar-refractivity contribution in [2.75, 3.05) is 12.4 Å². The molecule has 2 rings (SSSR count). The fraction of sp³-hybridized carbons (Fsp3) is 0.619. The van der Waals surface area contributed by atoms with Crippen LogP contribution in [0.2, 0.25) is 5.02 Å². The number of amides is 2. The number of methoxy groups -OCH3 is 1. The first-order valence-corrected chi connectivity index (χ1v) is 10.2. The third-order valence-corrected chi connectivity index (χ3v) is 5.37. The summed E-state index contributed by atoms with van der Waals surface area (Å²) in [6.07, 6.45) is 3.55. The summed E-state index contributed by atoms with van der Waals surface area (Å²) in [5.41, 5.74) is 7.34. The van der Waals surface area contributed by atoms with E-state index in [2.05, 4.69) is 30.8 Å². The van der Waals surface area contributed by atoms with Crippen LogP contribution in [-0.2, 0) is 16.1 Å². The number of hydrogen-bond donors (Lipinski definition) is 2. The van der Waals surface area contributed by atoms with Crippen LogP contribution in [0.3, 0.4) is 0 Å². The van der Waals surface area contributed by atoms with Gasteiger partial charge >= 0.3 is 6.09 Å². The highest BCUT2D eigenvalue weighted by Gasteiger charge is 2.30. The van der Waals surface area contributed by atoms with E-state index >= 15 is 0 Å². The molecule has 1 saturated carbocycles. The summed E-state index contributed by atoms with van der Waals surface area (Å²) in [5, 5.41) is 3.21. The number of nitrogens with one attached hydrogen (secondary N) is 1. The van der Waals surface area contributed by atoms with Gasteiger partial charge in [0.2, 0.25) is 5.91 Å². The molecule has 0 unspecified atom stereocenters. The summed E-state index contributed by atoms with van der Waals surface area (Å²) in [6, 6.07) is 5.61. The number of benzene rings is 1. The molecule has 1 fully saturated rings. The molecule has 1 aliphatic carbocycles. The summed E-state index contributed by atoms with van der Waals surface area (Å²) in [6.45, 7) is 6.60. The molecule has 0 heterocycles. The van der Waals surface area contributed by atoms with E-state index < -0.39 is 6.09 Å². The van der Waals surface area contributed by atoms with Crippen LogP contribution < -0.4 is 11.1 Å². The Labute approximate surface area is 172 Å². The van der Waals surface area contributed by atoms with Gasteiger partial charge in [0, 0.05) is 35.8 Å². The van der Waals surface area contributed by atoms with Gasteiger partial charge < -0.3 is 15.4 Å². The van der Waals surface area contributed by atoms with Gasteiger partial charge in [0.05, 0.1) is 7.11 Å². The fourth-order valence-electron chi connectivity index (χ4n) is 3.52. The van der Waals surface area contributed by atoms with E-state index in [1.165, 1.54) is 7.11 Å². The highest BCUT2D eigenvalue weighted by atomic mass is 35.5. The molecule has 156 valence electrons. The smallest absolute Gasteiger partial charge is 0.411 e. The van der Waals surface area contributed by atoms with Crippen LogP contribution in [0.15, 0.2) is 18.2 Å². The average Bonchev–Trinajstić information content (AvgIpc) is 2.61. The molecule has 0 saturated heterocycles. The number of hydrogen-bond acceptors (Lipinski definition) is 4. The molecule has 6 nitrogen and oxygen atoms in total. The van der Waals surface area contributed by atoms with Gasteiger partial charge in [-0.15, -0.1) is 0 Å². The van der Waals surface area contributed by atoms with Gasteiger partial charge in [-0.2, -0.15) is 0 Å². The monoisotopic (exact) mass is 409 g/mol. The van der Waals surface area contributed by atoms with Gasteiger partial charge in [-0.05, 0) is 54.9 Å². The van der Waals surface area contributed by atoms with Crippen molar-refractivity contribution in [3.63, 3.8) is 0 Å². The first kappa shape index (κ1) is 22.5. The number of nitrogens with two attached hydrogens (primary N) is 1. The number of rotatable bonds is 5. The second kappa shape index (κ2) is 9.61. The van der Waals surface area contributed by atoms with Gasteiger partial charge in [-0.1, -0.05) is 32.4 Å². The molecule has 0 spiro atoms. The van der Waals surface area contributed by atoms with Crippen LogP contribution in [0.4, 0.5) is 10.5 Å². The molecule has 0 bridgehead atoms. The predicted octanol–water partition coefficient (Wildman–Crippen LogP) is 4.55. The Kier molecular flexibility index (Phi) is 7.72. The van der Waals surface area contributed by atoms with Gasteiger partial charge in [0.1, 0.15) is 0 Å². The minimum Gasteiger partial charge on any atom is -0.453 e. The van der Waals surface area contributed by atoms with Crippen LogP contribution in [0.5, 0.6) is 0 Å².